The topological polar surface area (TPSA) is 9.23 Å². The van der Waals surface area contributed by atoms with E-state index < -0.39 is 0 Å². The lowest BCUT2D eigenvalue weighted by molar-refractivity contribution is 0.295. The molecule has 1 aliphatic carbocycles. The van der Waals surface area contributed by atoms with Crippen LogP contribution in [0.2, 0.25) is 0 Å². The summed E-state index contributed by atoms with van der Waals surface area (Å²) in [5, 5.41) is 0. The molecule has 1 aliphatic rings. The van der Waals surface area contributed by atoms with Crippen LogP contribution in [0.4, 0.5) is 4.39 Å². The van der Waals surface area contributed by atoms with E-state index in [2.05, 4.69) is 0 Å². The molecule has 1 fully saturated rings. The van der Waals surface area contributed by atoms with Crippen molar-refractivity contribution in [1.29, 1.82) is 0 Å². The maximum Gasteiger partial charge on any atom is 0.130 e. The number of halogens is 1. The van der Waals surface area contributed by atoms with Gasteiger partial charge in [-0.2, -0.15) is 0 Å². The summed E-state index contributed by atoms with van der Waals surface area (Å²) in [6.45, 7) is 8.54. The van der Waals surface area contributed by atoms with Gasteiger partial charge < -0.3 is 4.74 Å². The molecule has 96 valence electrons. The predicted octanol–water partition coefficient (Wildman–Crippen LogP) is 4.51. The van der Waals surface area contributed by atoms with Gasteiger partial charge in [0.1, 0.15) is 11.6 Å². The molecule has 0 heterocycles. The second-order valence-electron chi connectivity index (χ2n) is 4.31. The van der Waals surface area contributed by atoms with Gasteiger partial charge in [0, 0.05) is 5.56 Å². The highest BCUT2D eigenvalue weighted by atomic mass is 19.1. The minimum Gasteiger partial charge on any atom is -0.493 e. The van der Waals surface area contributed by atoms with Crippen LogP contribution in [0.15, 0.2) is 12.1 Å². The molecule has 1 nitrogen and oxygen atoms in total. The molecular formula is C15H23FO. The van der Waals surface area contributed by atoms with Crippen molar-refractivity contribution in [3.8, 4) is 5.75 Å². The molecule has 1 aromatic rings. The molecule has 0 amide bonds. The van der Waals surface area contributed by atoms with E-state index in [0.717, 1.165) is 24.3 Å². The van der Waals surface area contributed by atoms with Crippen molar-refractivity contribution in [2.45, 2.75) is 47.0 Å². The average molecular weight is 238 g/mol. The Morgan fingerprint density at radius 3 is 2.47 bits per heavy atom. The number of rotatable bonds is 4. The van der Waals surface area contributed by atoms with Crippen LogP contribution in [0.3, 0.4) is 0 Å². The summed E-state index contributed by atoms with van der Waals surface area (Å²) < 4.78 is 19.1. The molecular weight excluding hydrogens is 215 g/mol. The standard InChI is InChI=1S/C13H17FO.C2H6/c1-3-10-6-12(14)9(2)13(7-10)15-8-11-4-5-11;1-2/h6-7,11H,3-5,8H2,1-2H3;1-2H3. The second-order valence-corrected chi connectivity index (χ2v) is 4.31. The Labute approximate surface area is 104 Å². The third-order valence-electron chi connectivity index (χ3n) is 2.94. The largest absolute Gasteiger partial charge is 0.493 e. The van der Waals surface area contributed by atoms with Gasteiger partial charge in [-0.1, -0.05) is 20.8 Å². The van der Waals surface area contributed by atoms with Crippen LogP contribution in [0.5, 0.6) is 5.75 Å². The minimum atomic E-state index is -0.153. The van der Waals surface area contributed by atoms with Crippen molar-refractivity contribution in [1.82, 2.24) is 0 Å². The van der Waals surface area contributed by atoms with Gasteiger partial charge in [-0.25, -0.2) is 4.39 Å². The lowest BCUT2D eigenvalue weighted by atomic mass is 10.1. The van der Waals surface area contributed by atoms with Gasteiger partial charge in [-0.15, -0.1) is 0 Å². The summed E-state index contributed by atoms with van der Waals surface area (Å²) in [5.74, 6) is 1.27. The molecule has 0 bridgehead atoms. The monoisotopic (exact) mass is 238 g/mol. The molecule has 0 atom stereocenters. The van der Waals surface area contributed by atoms with E-state index >= 15 is 0 Å². The van der Waals surface area contributed by atoms with E-state index in [0.29, 0.717) is 11.5 Å². The molecule has 2 rings (SSSR count). The van der Waals surface area contributed by atoms with E-state index in [1.54, 1.807) is 13.0 Å². The van der Waals surface area contributed by atoms with Gasteiger partial charge >= 0.3 is 0 Å². The van der Waals surface area contributed by atoms with E-state index in [4.69, 9.17) is 4.74 Å². The number of hydrogen-bond acceptors (Lipinski definition) is 1. The Bertz CT molecular complexity index is 356. The molecule has 2 heteroatoms. The summed E-state index contributed by atoms with van der Waals surface area (Å²) >= 11 is 0. The summed E-state index contributed by atoms with van der Waals surface area (Å²) in [4.78, 5) is 0. The fraction of sp³-hybridized carbons (Fsp3) is 0.600. The third-order valence-corrected chi connectivity index (χ3v) is 2.94. The highest BCUT2D eigenvalue weighted by Gasteiger charge is 2.22. The lowest BCUT2D eigenvalue weighted by Gasteiger charge is -2.11. The molecule has 0 saturated heterocycles. The summed E-state index contributed by atoms with van der Waals surface area (Å²) in [6, 6.07) is 3.56. The quantitative estimate of drug-likeness (QED) is 0.749. The summed E-state index contributed by atoms with van der Waals surface area (Å²) in [6.07, 6.45) is 3.36. The molecule has 1 saturated carbocycles. The average Bonchev–Trinajstić information content (AvgIpc) is 3.17. The first-order valence-corrected chi connectivity index (χ1v) is 6.62. The lowest BCUT2D eigenvalue weighted by Crippen LogP contribution is -2.02. The summed E-state index contributed by atoms with van der Waals surface area (Å²) in [7, 11) is 0. The van der Waals surface area contributed by atoms with Gasteiger partial charge in [0.2, 0.25) is 0 Å². The van der Waals surface area contributed by atoms with Gasteiger partial charge in [-0.3, -0.25) is 0 Å². The minimum absolute atomic E-state index is 0.153. The van der Waals surface area contributed by atoms with Crippen LogP contribution in [-0.4, -0.2) is 6.61 Å². The van der Waals surface area contributed by atoms with Crippen LogP contribution in [0.1, 0.15) is 44.7 Å². The fourth-order valence-corrected chi connectivity index (χ4v) is 1.55. The molecule has 0 N–H and O–H groups in total. The molecule has 0 unspecified atom stereocenters. The number of aryl methyl sites for hydroxylation is 1. The summed E-state index contributed by atoms with van der Waals surface area (Å²) in [5.41, 5.74) is 1.64. The molecule has 0 spiro atoms. The zero-order valence-corrected chi connectivity index (χ0v) is 11.3. The van der Waals surface area contributed by atoms with Crippen molar-refractivity contribution >= 4 is 0 Å². The Balaban J connectivity index is 0.000000686. The Kier molecular flexibility index (Phi) is 5.46. The Morgan fingerprint density at radius 2 is 1.94 bits per heavy atom. The molecule has 0 radical (unpaired) electrons. The zero-order valence-electron chi connectivity index (χ0n) is 11.3. The molecule has 1 aromatic carbocycles. The van der Waals surface area contributed by atoms with Gasteiger partial charge in [0.05, 0.1) is 6.61 Å². The van der Waals surface area contributed by atoms with E-state index in [1.165, 1.54) is 12.8 Å². The third kappa shape index (κ3) is 4.03. The van der Waals surface area contributed by atoms with E-state index in [-0.39, 0.29) is 5.82 Å². The van der Waals surface area contributed by atoms with Crippen molar-refractivity contribution in [3.05, 3.63) is 29.1 Å². The highest BCUT2D eigenvalue weighted by molar-refractivity contribution is 5.37. The van der Waals surface area contributed by atoms with Crippen molar-refractivity contribution in [2.24, 2.45) is 5.92 Å². The number of hydrogen-bond donors (Lipinski definition) is 0. The van der Waals surface area contributed by atoms with Gasteiger partial charge in [0.15, 0.2) is 0 Å². The first-order valence-electron chi connectivity index (χ1n) is 6.62. The van der Waals surface area contributed by atoms with Gasteiger partial charge in [-0.05, 0) is 49.8 Å². The van der Waals surface area contributed by atoms with E-state index in [9.17, 15) is 4.39 Å². The second kappa shape index (κ2) is 6.63. The van der Waals surface area contributed by atoms with Crippen LogP contribution in [0, 0.1) is 18.7 Å². The maximum absolute atomic E-state index is 13.5. The fourth-order valence-electron chi connectivity index (χ4n) is 1.55. The van der Waals surface area contributed by atoms with Crippen LogP contribution < -0.4 is 4.74 Å². The Hall–Kier alpha value is -1.05. The normalized spacial score (nSPS) is 13.9. The maximum atomic E-state index is 13.5. The molecule has 0 aliphatic heterocycles. The molecule has 17 heavy (non-hydrogen) atoms. The van der Waals surface area contributed by atoms with Crippen molar-refractivity contribution in [2.75, 3.05) is 6.61 Å². The van der Waals surface area contributed by atoms with Crippen molar-refractivity contribution in [3.63, 3.8) is 0 Å². The smallest absolute Gasteiger partial charge is 0.130 e. The zero-order chi connectivity index (χ0) is 12.8. The SMILES string of the molecule is CC.CCc1cc(F)c(C)c(OCC2CC2)c1. The number of ether oxygens (including phenoxy) is 1. The first kappa shape index (κ1) is 14.0. The first-order chi connectivity index (χ1) is 8.20. The highest BCUT2D eigenvalue weighted by Crippen LogP contribution is 2.31. The number of benzene rings is 1. The molecule has 0 aromatic heterocycles. The van der Waals surface area contributed by atoms with Gasteiger partial charge in [0.25, 0.3) is 0 Å². The van der Waals surface area contributed by atoms with E-state index in [1.807, 2.05) is 26.8 Å². The van der Waals surface area contributed by atoms with Crippen LogP contribution in [0.25, 0.3) is 0 Å². The van der Waals surface area contributed by atoms with Crippen LogP contribution in [-0.2, 0) is 6.42 Å². The Morgan fingerprint density at radius 1 is 1.29 bits per heavy atom. The predicted molar refractivity (Wildman–Crippen MR) is 70.1 cm³/mol. The van der Waals surface area contributed by atoms with Crippen LogP contribution >= 0.6 is 0 Å². The van der Waals surface area contributed by atoms with Crippen molar-refractivity contribution < 1.29 is 9.13 Å².